The number of phenolic OH excluding ortho intramolecular Hbond substituents is 1. The van der Waals surface area contributed by atoms with Gasteiger partial charge in [-0.2, -0.15) is 0 Å². The molecule has 106 valence electrons. The highest BCUT2D eigenvalue weighted by atomic mass is 16.3. The topological polar surface area (TPSA) is 20.2 Å². The van der Waals surface area contributed by atoms with Crippen LogP contribution >= 0.6 is 0 Å². The van der Waals surface area contributed by atoms with Crippen molar-refractivity contribution in [3.63, 3.8) is 0 Å². The van der Waals surface area contributed by atoms with Crippen LogP contribution < -0.4 is 0 Å². The van der Waals surface area contributed by atoms with Gasteiger partial charge in [0, 0.05) is 5.56 Å². The van der Waals surface area contributed by atoms with Gasteiger partial charge in [-0.15, -0.1) is 0 Å². The number of benzene rings is 1. The van der Waals surface area contributed by atoms with Gasteiger partial charge in [0.15, 0.2) is 0 Å². The van der Waals surface area contributed by atoms with E-state index in [4.69, 9.17) is 0 Å². The summed E-state index contributed by atoms with van der Waals surface area (Å²) in [5.74, 6) is 0.376. The third kappa shape index (κ3) is 6.47. The molecule has 0 aliphatic heterocycles. The molecule has 0 amide bonds. The molecule has 0 aromatic heterocycles. The van der Waals surface area contributed by atoms with E-state index in [0.29, 0.717) is 5.75 Å². The minimum Gasteiger partial charge on any atom is -0.507 e. The molecule has 1 heteroatoms. The first-order chi connectivity index (χ1) is 9.27. The maximum Gasteiger partial charge on any atom is 0.122 e. The second-order valence-corrected chi connectivity index (χ2v) is 5.26. The van der Waals surface area contributed by atoms with Crippen LogP contribution in [0.2, 0.25) is 0 Å². The lowest BCUT2D eigenvalue weighted by molar-refractivity contribution is 0.473. The van der Waals surface area contributed by atoms with E-state index in [1.807, 2.05) is 31.2 Å². The predicted octanol–water partition coefficient (Wildman–Crippen LogP) is 5.72. The Kier molecular flexibility index (Phi) is 8.04. The van der Waals surface area contributed by atoms with Crippen LogP contribution in [-0.2, 0) is 6.42 Å². The molecule has 0 heterocycles. The largest absolute Gasteiger partial charge is 0.507 e. The molecule has 0 aliphatic carbocycles. The predicted molar refractivity (Wildman–Crippen MR) is 84.5 cm³/mol. The average Bonchev–Trinajstić information content (AvgIpc) is 2.41. The number of phenols is 1. The molecule has 0 fully saturated rings. The SMILES string of the molecule is C/C=C\c1cc(CCCCCCCCC)ccc1O. The Morgan fingerprint density at radius 2 is 1.68 bits per heavy atom. The minimum absolute atomic E-state index is 0.376. The van der Waals surface area contributed by atoms with Crippen molar-refractivity contribution in [3.05, 3.63) is 35.4 Å². The second-order valence-electron chi connectivity index (χ2n) is 5.26. The van der Waals surface area contributed by atoms with Gasteiger partial charge in [-0.25, -0.2) is 0 Å². The van der Waals surface area contributed by atoms with Crippen molar-refractivity contribution in [2.45, 2.75) is 65.2 Å². The fraction of sp³-hybridized carbons (Fsp3) is 0.556. The van der Waals surface area contributed by atoms with Crippen LogP contribution in [0.15, 0.2) is 24.3 Å². The van der Waals surface area contributed by atoms with E-state index in [0.717, 1.165) is 12.0 Å². The lowest BCUT2D eigenvalue weighted by Crippen LogP contribution is -1.88. The zero-order chi connectivity index (χ0) is 13.9. The highest BCUT2D eigenvalue weighted by Crippen LogP contribution is 2.21. The van der Waals surface area contributed by atoms with E-state index in [1.54, 1.807) is 0 Å². The first-order valence-corrected chi connectivity index (χ1v) is 7.72. The quantitative estimate of drug-likeness (QED) is 0.563. The molecule has 0 aliphatic rings. The van der Waals surface area contributed by atoms with Crippen molar-refractivity contribution in [1.29, 1.82) is 0 Å². The van der Waals surface area contributed by atoms with E-state index < -0.39 is 0 Å². The standard InChI is InChI=1S/C18H28O/c1-3-5-6-7-8-9-10-12-16-13-14-18(19)17(15-16)11-4-2/h4,11,13-15,19H,3,5-10,12H2,1-2H3/b11-4-. The summed E-state index contributed by atoms with van der Waals surface area (Å²) in [4.78, 5) is 0. The van der Waals surface area contributed by atoms with Gasteiger partial charge in [0.2, 0.25) is 0 Å². The smallest absolute Gasteiger partial charge is 0.122 e. The lowest BCUT2D eigenvalue weighted by atomic mass is 10.0. The number of allylic oxidation sites excluding steroid dienone is 1. The monoisotopic (exact) mass is 260 g/mol. The molecular formula is C18H28O. The van der Waals surface area contributed by atoms with E-state index >= 15 is 0 Å². The maximum absolute atomic E-state index is 9.71. The van der Waals surface area contributed by atoms with Gasteiger partial charge in [0.05, 0.1) is 0 Å². The molecule has 1 aromatic rings. The van der Waals surface area contributed by atoms with Crippen LogP contribution in [0.25, 0.3) is 6.08 Å². The lowest BCUT2D eigenvalue weighted by Gasteiger charge is -2.05. The van der Waals surface area contributed by atoms with Crippen LogP contribution in [0.5, 0.6) is 5.75 Å². The average molecular weight is 260 g/mol. The Balaban J connectivity index is 2.27. The summed E-state index contributed by atoms with van der Waals surface area (Å²) in [5, 5.41) is 9.71. The molecule has 1 aromatic carbocycles. The molecule has 0 saturated heterocycles. The van der Waals surface area contributed by atoms with Crippen molar-refractivity contribution in [3.8, 4) is 5.75 Å². The number of aryl methyl sites for hydroxylation is 1. The molecule has 19 heavy (non-hydrogen) atoms. The highest BCUT2D eigenvalue weighted by Gasteiger charge is 2.00. The Hall–Kier alpha value is -1.24. The van der Waals surface area contributed by atoms with Gasteiger partial charge in [-0.1, -0.05) is 63.7 Å². The summed E-state index contributed by atoms with van der Waals surface area (Å²) in [6.45, 7) is 4.23. The van der Waals surface area contributed by atoms with Crippen molar-refractivity contribution < 1.29 is 5.11 Å². The van der Waals surface area contributed by atoms with Crippen LogP contribution in [0, 0.1) is 0 Å². The zero-order valence-corrected chi connectivity index (χ0v) is 12.5. The fourth-order valence-electron chi connectivity index (χ4n) is 2.36. The fourth-order valence-corrected chi connectivity index (χ4v) is 2.36. The zero-order valence-electron chi connectivity index (χ0n) is 12.5. The van der Waals surface area contributed by atoms with Gasteiger partial charge in [-0.3, -0.25) is 0 Å². The first kappa shape index (κ1) is 15.8. The molecule has 0 bridgehead atoms. The Labute approximate surface area is 118 Å². The third-order valence-electron chi connectivity index (χ3n) is 3.51. The second kappa shape index (κ2) is 9.66. The van der Waals surface area contributed by atoms with Crippen LogP contribution in [0.4, 0.5) is 0 Å². The van der Waals surface area contributed by atoms with Gasteiger partial charge < -0.3 is 5.11 Å². The summed E-state index contributed by atoms with van der Waals surface area (Å²) < 4.78 is 0. The Bertz CT molecular complexity index is 379. The number of aromatic hydroxyl groups is 1. The van der Waals surface area contributed by atoms with Crippen molar-refractivity contribution >= 4 is 6.08 Å². The summed E-state index contributed by atoms with van der Waals surface area (Å²) in [5.41, 5.74) is 2.27. The molecule has 0 saturated carbocycles. The van der Waals surface area contributed by atoms with Gasteiger partial charge in [0.25, 0.3) is 0 Å². The molecule has 0 spiro atoms. The van der Waals surface area contributed by atoms with Gasteiger partial charge in [0.1, 0.15) is 5.75 Å². The molecule has 1 N–H and O–H groups in total. The maximum atomic E-state index is 9.71. The summed E-state index contributed by atoms with van der Waals surface area (Å²) >= 11 is 0. The van der Waals surface area contributed by atoms with E-state index in [9.17, 15) is 5.11 Å². The molecule has 1 nitrogen and oxygen atoms in total. The van der Waals surface area contributed by atoms with E-state index in [-0.39, 0.29) is 0 Å². The van der Waals surface area contributed by atoms with Crippen molar-refractivity contribution in [2.75, 3.05) is 0 Å². The molecule has 0 unspecified atom stereocenters. The van der Waals surface area contributed by atoms with Crippen LogP contribution in [-0.4, -0.2) is 5.11 Å². The number of unbranched alkanes of at least 4 members (excludes halogenated alkanes) is 6. The molecule has 0 radical (unpaired) electrons. The first-order valence-electron chi connectivity index (χ1n) is 7.72. The van der Waals surface area contributed by atoms with Crippen LogP contribution in [0.3, 0.4) is 0 Å². The van der Waals surface area contributed by atoms with Gasteiger partial charge in [-0.05, 0) is 37.5 Å². The molecule has 1 rings (SSSR count). The van der Waals surface area contributed by atoms with Gasteiger partial charge >= 0.3 is 0 Å². The third-order valence-corrected chi connectivity index (χ3v) is 3.51. The molecular weight excluding hydrogens is 232 g/mol. The Morgan fingerprint density at radius 3 is 2.37 bits per heavy atom. The number of hydrogen-bond donors (Lipinski definition) is 1. The minimum atomic E-state index is 0.376. The number of hydrogen-bond acceptors (Lipinski definition) is 1. The van der Waals surface area contributed by atoms with Crippen LogP contribution in [0.1, 0.15) is 69.9 Å². The normalized spacial score (nSPS) is 11.3. The van der Waals surface area contributed by atoms with E-state index in [2.05, 4.69) is 13.0 Å². The van der Waals surface area contributed by atoms with E-state index in [1.165, 1.54) is 50.5 Å². The Morgan fingerprint density at radius 1 is 1.00 bits per heavy atom. The summed E-state index contributed by atoms with van der Waals surface area (Å²) in [7, 11) is 0. The van der Waals surface area contributed by atoms with Crippen molar-refractivity contribution in [2.24, 2.45) is 0 Å². The highest BCUT2D eigenvalue weighted by molar-refractivity contribution is 5.57. The summed E-state index contributed by atoms with van der Waals surface area (Å²) in [6, 6.07) is 5.96. The summed E-state index contributed by atoms with van der Waals surface area (Å²) in [6.07, 6.45) is 14.5. The van der Waals surface area contributed by atoms with Crippen molar-refractivity contribution in [1.82, 2.24) is 0 Å². The number of rotatable bonds is 9. The molecule has 0 atom stereocenters.